The van der Waals surface area contributed by atoms with Gasteiger partial charge in [-0.25, -0.2) is 4.68 Å². The Hall–Kier alpha value is -2.34. The van der Waals surface area contributed by atoms with Gasteiger partial charge in [-0.05, 0) is 51.3 Å². The highest BCUT2D eigenvalue weighted by atomic mass is 35.5. The van der Waals surface area contributed by atoms with Crippen LogP contribution in [0.25, 0.3) is 5.69 Å². The average Bonchev–Trinajstić information content (AvgIpc) is 3.13. The second-order valence-corrected chi connectivity index (χ2v) is 10.4. The number of nitrogens with zero attached hydrogens (tertiary/aromatic N) is 3. The number of carbonyl (C=O) groups is 2. The molecule has 0 spiro atoms. The highest BCUT2D eigenvalue weighted by Gasteiger charge is 2.32. The van der Waals surface area contributed by atoms with Gasteiger partial charge < -0.3 is 10.2 Å². The molecule has 1 N–H and O–H groups in total. The fourth-order valence-corrected chi connectivity index (χ4v) is 3.46. The van der Waals surface area contributed by atoms with E-state index in [1.54, 1.807) is 23.4 Å². The van der Waals surface area contributed by atoms with E-state index in [2.05, 4.69) is 39.1 Å². The topological polar surface area (TPSA) is 67.2 Å². The van der Waals surface area contributed by atoms with Crippen molar-refractivity contribution in [1.29, 1.82) is 0 Å². The minimum atomic E-state index is -0.725. The highest BCUT2D eigenvalue weighted by Crippen LogP contribution is 2.28. The fourth-order valence-electron chi connectivity index (χ4n) is 3.35. The van der Waals surface area contributed by atoms with Crippen LogP contribution in [0.4, 0.5) is 5.82 Å². The fraction of sp³-hybridized carbons (Fsp3) is 0.560. The molecule has 1 aromatic heterocycles. The summed E-state index contributed by atoms with van der Waals surface area (Å²) in [6.45, 7) is 16.4. The summed E-state index contributed by atoms with van der Waals surface area (Å²) in [5, 5.41) is 7.81. The first-order valence-corrected chi connectivity index (χ1v) is 11.7. The van der Waals surface area contributed by atoms with E-state index in [0.29, 0.717) is 12.4 Å². The first-order valence-electron chi connectivity index (χ1n) is 11.1. The van der Waals surface area contributed by atoms with Crippen molar-refractivity contribution in [1.82, 2.24) is 14.7 Å². The normalized spacial score (nSPS) is 12.0. The van der Waals surface area contributed by atoms with Crippen molar-refractivity contribution in [2.45, 2.75) is 67.2 Å². The molecule has 176 valence electrons. The SMILES string of the molecule is CCCN(CC(=O)Nc1cc(C(C)(C)C)nn1-c1cccc(C)c1C)C(=O)C(C)(C)CCl. The molecule has 32 heavy (non-hydrogen) atoms. The smallest absolute Gasteiger partial charge is 0.245 e. The summed E-state index contributed by atoms with van der Waals surface area (Å²) in [4.78, 5) is 27.5. The molecule has 1 aromatic carbocycles. The Morgan fingerprint density at radius 1 is 1.16 bits per heavy atom. The van der Waals surface area contributed by atoms with Gasteiger partial charge in [-0.2, -0.15) is 5.10 Å². The van der Waals surface area contributed by atoms with E-state index in [-0.39, 0.29) is 29.7 Å². The number of alkyl halides is 1. The molecule has 7 heteroatoms. The lowest BCUT2D eigenvalue weighted by Crippen LogP contribution is -2.45. The Morgan fingerprint density at radius 2 is 1.81 bits per heavy atom. The lowest BCUT2D eigenvalue weighted by Gasteiger charge is -2.30. The molecule has 0 unspecified atom stereocenters. The molecule has 0 saturated heterocycles. The van der Waals surface area contributed by atoms with Gasteiger partial charge in [0.25, 0.3) is 0 Å². The molecule has 0 atom stereocenters. The number of rotatable bonds is 8. The molecule has 0 aliphatic carbocycles. The molecule has 0 aliphatic rings. The van der Waals surface area contributed by atoms with Gasteiger partial charge in [0.1, 0.15) is 5.82 Å². The number of carbonyl (C=O) groups excluding carboxylic acids is 2. The molecule has 2 amide bonds. The molecule has 0 aliphatic heterocycles. The molecule has 0 bridgehead atoms. The van der Waals surface area contributed by atoms with Crippen LogP contribution in [0.1, 0.15) is 64.8 Å². The molecule has 0 saturated carbocycles. The lowest BCUT2D eigenvalue weighted by atomic mass is 9.92. The zero-order valence-corrected chi connectivity index (χ0v) is 21.4. The van der Waals surface area contributed by atoms with Crippen molar-refractivity contribution >= 4 is 29.2 Å². The van der Waals surface area contributed by atoms with E-state index >= 15 is 0 Å². The average molecular weight is 461 g/mol. The third-order valence-electron chi connectivity index (χ3n) is 5.58. The Kier molecular flexibility index (Phi) is 8.16. The van der Waals surface area contributed by atoms with Gasteiger partial charge in [-0.1, -0.05) is 39.8 Å². The van der Waals surface area contributed by atoms with Gasteiger partial charge in [0.2, 0.25) is 11.8 Å². The quantitative estimate of drug-likeness (QED) is 0.548. The lowest BCUT2D eigenvalue weighted by molar-refractivity contribution is -0.141. The zero-order valence-electron chi connectivity index (χ0n) is 20.7. The summed E-state index contributed by atoms with van der Waals surface area (Å²) in [5.74, 6) is 0.406. The minimum Gasteiger partial charge on any atom is -0.333 e. The first kappa shape index (κ1) is 25.9. The Balaban J connectivity index is 2.38. The number of aromatic nitrogens is 2. The van der Waals surface area contributed by atoms with Crippen LogP contribution in [-0.2, 0) is 15.0 Å². The number of nitrogens with one attached hydrogen (secondary N) is 1. The Morgan fingerprint density at radius 3 is 2.38 bits per heavy atom. The van der Waals surface area contributed by atoms with Crippen LogP contribution in [0.5, 0.6) is 0 Å². The number of anilines is 1. The van der Waals surface area contributed by atoms with Gasteiger partial charge >= 0.3 is 0 Å². The zero-order chi connectivity index (χ0) is 24.3. The largest absolute Gasteiger partial charge is 0.333 e. The molecule has 2 rings (SSSR count). The summed E-state index contributed by atoms with van der Waals surface area (Å²) in [6.07, 6.45) is 0.756. The third-order valence-corrected chi connectivity index (χ3v) is 6.25. The third kappa shape index (κ3) is 5.91. The maximum atomic E-state index is 13.0. The summed E-state index contributed by atoms with van der Waals surface area (Å²) >= 11 is 6.00. The highest BCUT2D eigenvalue weighted by molar-refractivity contribution is 6.19. The molecule has 0 fully saturated rings. The van der Waals surface area contributed by atoms with Gasteiger partial charge in [-0.15, -0.1) is 11.6 Å². The van der Waals surface area contributed by atoms with E-state index in [9.17, 15) is 9.59 Å². The van der Waals surface area contributed by atoms with Crippen LogP contribution in [0.3, 0.4) is 0 Å². The van der Waals surface area contributed by atoms with Crippen molar-refractivity contribution in [2.75, 3.05) is 24.3 Å². The standard InChI is InChI=1S/C25H37ClN4O2/c1-9-13-29(23(32)25(7,8)16-26)15-22(31)27-21-14-20(24(4,5)6)28-30(21)19-12-10-11-17(2)18(19)3/h10-12,14H,9,13,15-16H2,1-8H3,(H,27,31). The van der Waals surface area contributed by atoms with Crippen molar-refractivity contribution < 1.29 is 9.59 Å². The number of amides is 2. The van der Waals surface area contributed by atoms with Crippen LogP contribution >= 0.6 is 11.6 Å². The van der Waals surface area contributed by atoms with Gasteiger partial charge in [0, 0.05) is 23.9 Å². The second kappa shape index (κ2) is 10.1. The van der Waals surface area contributed by atoms with Crippen LogP contribution in [0.2, 0.25) is 0 Å². The number of halogens is 1. The number of benzene rings is 1. The maximum Gasteiger partial charge on any atom is 0.245 e. The number of aryl methyl sites for hydroxylation is 1. The van der Waals surface area contributed by atoms with Gasteiger partial charge in [-0.3, -0.25) is 9.59 Å². The number of hydrogen-bond donors (Lipinski definition) is 1. The molecule has 6 nitrogen and oxygen atoms in total. The molecular weight excluding hydrogens is 424 g/mol. The van der Waals surface area contributed by atoms with E-state index in [0.717, 1.165) is 28.9 Å². The number of hydrogen-bond acceptors (Lipinski definition) is 3. The first-order chi connectivity index (χ1) is 14.8. The predicted molar refractivity (Wildman–Crippen MR) is 132 cm³/mol. The summed E-state index contributed by atoms with van der Waals surface area (Å²) in [5.41, 5.74) is 3.13. The Labute approximate surface area is 197 Å². The molecule has 0 radical (unpaired) electrons. The summed E-state index contributed by atoms with van der Waals surface area (Å²) < 4.78 is 1.79. The van der Waals surface area contributed by atoms with Crippen molar-refractivity contribution in [2.24, 2.45) is 5.41 Å². The van der Waals surface area contributed by atoms with E-state index in [1.165, 1.54) is 0 Å². The molecule has 1 heterocycles. The summed E-state index contributed by atoms with van der Waals surface area (Å²) in [7, 11) is 0. The van der Waals surface area contributed by atoms with Crippen molar-refractivity contribution in [3.8, 4) is 5.69 Å². The van der Waals surface area contributed by atoms with Crippen molar-refractivity contribution in [3.05, 3.63) is 41.1 Å². The predicted octanol–water partition coefficient (Wildman–Crippen LogP) is 5.23. The summed E-state index contributed by atoms with van der Waals surface area (Å²) in [6, 6.07) is 7.94. The monoisotopic (exact) mass is 460 g/mol. The van der Waals surface area contributed by atoms with E-state index < -0.39 is 5.41 Å². The molecule has 2 aromatic rings. The maximum absolute atomic E-state index is 13.0. The molecular formula is C25H37ClN4O2. The van der Waals surface area contributed by atoms with Gasteiger partial charge in [0.05, 0.1) is 23.3 Å². The van der Waals surface area contributed by atoms with Crippen LogP contribution in [0, 0.1) is 19.3 Å². The van der Waals surface area contributed by atoms with Crippen LogP contribution in [-0.4, -0.2) is 45.5 Å². The van der Waals surface area contributed by atoms with E-state index in [4.69, 9.17) is 16.7 Å². The van der Waals surface area contributed by atoms with E-state index in [1.807, 2.05) is 32.0 Å². The van der Waals surface area contributed by atoms with Crippen molar-refractivity contribution in [3.63, 3.8) is 0 Å². The van der Waals surface area contributed by atoms with Crippen LogP contribution in [0.15, 0.2) is 24.3 Å². The van der Waals surface area contributed by atoms with Crippen LogP contribution < -0.4 is 5.32 Å². The second-order valence-electron chi connectivity index (χ2n) is 10.1. The Bertz CT molecular complexity index is 973. The van der Waals surface area contributed by atoms with Gasteiger partial charge in [0.15, 0.2) is 0 Å². The minimum absolute atomic E-state index is 0.0319.